The molecule has 0 spiro atoms. The molecule has 2 heteroatoms. The van der Waals surface area contributed by atoms with Crippen molar-refractivity contribution in [2.24, 2.45) is 0 Å². The van der Waals surface area contributed by atoms with Gasteiger partial charge in [0.2, 0.25) is 0 Å². The number of hydrogen-bond acceptors (Lipinski definition) is 2. The van der Waals surface area contributed by atoms with Crippen LogP contribution in [-0.2, 0) is 11.2 Å². The number of allylic oxidation sites excluding steroid dienone is 1. The number of carbonyl (C=O) groups is 1. The average Bonchev–Trinajstić information content (AvgIpc) is 2.09. The van der Waals surface area contributed by atoms with Gasteiger partial charge in [0.25, 0.3) is 0 Å². The van der Waals surface area contributed by atoms with Crippen LogP contribution in [0.1, 0.15) is 11.1 Å². The van der Waals surface area contributed by atoms with Gasteiger partial charge in [-0.05, 0) is 30.2 Å². The van der Waals surface area contributed by atoms with Crippen LogP contribution < -0.4 is 5.73 Å². The third-order valence-corrected chi connectivity index (χ3v) is 1.89. The molecule has 13 heavy (non-hydrogen) atoms. The molecule has 0 unspecified atom stereocenters. The van der Waals surface area contributed by atoms with Crippen LogP contribution in [0.3, 0.4) is 0 Å². The molecule has 0 aromatic heterocycles. The lowest BCUT2D eigenvalue weighted by molar-refractivity contribution is -0.114. The summed E-state index contributed by atoms with van der Waals surface area (Å²) in [6.45, 7) is 5.38. The first-order chi connectivity index (χ1) is 6.13. The Kier molecular flexibility index (Phi) is 2.85. The van der Waals surface area contributed by atoms with Crippen molar-refractivity contribution in [3.05, 3.63) is 42.0 Å². The standard InChI is InChI=1S/C11H13NO/c1-3-10(13)7-9-5-4-8(2)6-11(9)12/h3-6H,1,7,12H2,2H3. The third kappa shape index (κ3) is 2.44. The van der Waals surface area contributed by atoms with E-state index in [-0.39, 0.29) is 5.78 Å². The SMILES string of the molecule is C=CC(=O)Cc1ccc(C)cc1N. The van der Waals surface area contributed by atoms with Gasteiger partial charge in [-0.2, -0.15) is 0 Å². The molecule has 0 saturated heterocycles. The Labute approximate surface area is 78.1 Å². The maximum Gasteiger partial charge on any atom is 0.159 e. The maximum absolute atomic E-state index is 11.0. The van der Waals surface area contributed by atoms with Crippen molar-refractivity contribution in [2.75, 3.05) is 5.73 Å². The topological polar surface area (TPSA) is 43.1 Å². The molecule has 0 radical (unpaired) electrons. The van der Waals surface area contributed by atoms with E-state index in [4.69, 9.17) is 5.73 Å². The molecule has 0 bridgehead atoms. The van der Waals surface area contributed by atoms with Gasteiger partial charge in [0.1, 0.15) is 0 Å². The van der Waals surface area contributed by atoms with Gasteiger partial charge in [0.05, 0.1) is 0 Å². The minimum Gasteiger partial charge on any atom is -0.398 e. The highest BCUT2D eigenvalue weighted by atomic mass is 16.1. The van der Waals surface area contributed by atoms with Crippen molar-refractivity contribution in [1.29, 1.82) is 0 Å². The molecule has 0 atom stereocenters. The van der Waals surface area contributed by atoms with E-state index in [9.17, 15) is 4.79 Å². The first-order valence-electron chi connectivity index (χ1n) is 4.13. The fraction of sp³-hybridized carbons (Fsp3) is 0.182. The zero-order chi connectivity index (χ0) is 9.84. The van der Waals surface area contributed by atoms with E-state index in [0.717, 1.165) is 11.1 Å². The molecule has 0 fully saturated rings. The number of carbonyl (C=O) groups excluding carboxylic acids is 1. The number of ketones is 1. The third-order valence-electron chi connectivity index (χ3n) is 1.89. The maximum atomic E-state index is 11.0. The molecule has 0 aliphatic rings. The minimum atomic E-state index is -0.00412. The van der Waals surface area contributed by atoms with E-state index < -0.39 is 0 Å². The zero-order valence-electron chi connectivity index (χ0n) is 7.71. The van der Waals surface area contributed by atoms with Gasteiger partial charge in [-0.3, -0.25) is 4.79 Å². The summed E-state index contributed by atoms with van der Waals surface area (Å²) in [5.41, 5.74) is 8.39. The Bertz CT molecular complexity index is 342. The first-order valence-corrected chi connectivity index (χ1v) is 4.13. The first kappa shape index (κ1) is 9.52. The van der Waals surface area contributed by atoms with Gasteiger partial charge in [-0.25, -0.2) is 0 Å². The van der Waals surface area contributed by atoms with Crippen molar-refractivity contribution in [2.45, 2.75) is 13.3 Å². The Morgan fingerprint density at radius 3 is 2.85 bits per heavy atom. The number of hydrogen-bond donors (Lipinski definition) is 1. The number of aryl methyl sites for hydroxylation is 1. The van der Waals surface area contributed by atoms with E-state index in [1.807, 2.05) is 25.1 Å². The second-order valence-electron chi connectivity index (χ2n) is 3.05. The van der Waals surface area contributed by atoms with E-state index in [1.54, 1.807) is 0 Å². The average molecular weight is 175 g/mol. The predicted molar refractivity (Wildman–Crippen MR) is 54.5 cm³/mol. The van der Waals surface area contributed by atoms with Crippen molar-refractivity contribution < 1.29 is 4.79 Å². The lowest BCUT2D eigenvalue weighted by Gasteiger charge is -2.03. The van der Waals surface area contributed by atoms with Gasteiger partial charge in [0, 0.05) is 12.1 Å². The Morgan fingerprint density at radius 2 is 2.31 bits per heavy atom. The molecular formula is C11H13NO. The largest absolute Gasteiger partial charge is 0.398 e. The number of nitrogen functional groups attached to an aromatic ring is 1. The van der Waals surface area contributed by atoms with E-state index >= 15 is 0 Å². The zero-order valence-corrected chi connectivity index (χ0v) is 7.71. The van der Waals surface area contributed by atoms with Crippen LogP contribution in [0.2, 0.25) is 0 Å². The second kappa shape index (κ2) is 3.90. The molecule has 0 saturated carbocycles. The summed E-state index contributed by atoms with van der Waals surface area (Å²) in [7, 11) is 0. The summed E-state index contributed by atoms with van der Waals surface area (Å²) >= 11 is 0. The predicted octanol–water partition coefficient (Wildman–Crippen LogP) is 1.87. The highest BCUT2D eigenvalue weighted by Gasteiger charge is 2.02. The molecular weight excluding hydrogens is 162 g/mol. The smallest absolute Gasteiger partial charge is 0.159 e. The van der Waals surface area contributed by atoms with Crippen LogP contribution in [0.25, 0.3) is 0 Å². The van der Waals surface area contributed by atoms with Crippen LogP contribution >= 0.6 is 0 Å². The van der Waals surface area contributed by atoms with Gasteiger partial charge in [0.15, 0.2) is 5.78 Å². The molecule has 1 rings (SSSR count). The normalized spacial score (nSPS) is 9.62. The fourth-order valence-electron chi connectivity index (χ4n) is 1.14. The van der Waals surface area contributed by atoms with E-state index in [1.165, 1.54) is 6.08 Å². The molecule has 1 aromatic carbocycles. The lowest BCUT2D eigenvalue weighted by Crippen LogP contribution is -2.02. The molecule has 0 heterocycles. The Balaban J connectivity index is 2.89. The van der Waals surface area contributed by atoms with Gasteiger partial charge in [-0.15, -0.1) is 0 Å². The van der Waals surface area contributed by atoms with Crippen molar-refractivity contribution in [1.82, 2.24) is 0 Å². The highest BCUT2D eigenvalue weighted by Crippen LogP contribution is 2.14. The molecule has 2 N–H and O–H groups in total. The van der Waals surface area contributed by atoms with Crippen LogP contribution in [0, 0.1) is 6.92 Å². The summed E-state index contributed by atoms with van der Waals surface area (Å²) in [4.78, 5) is 11.0. The monoisotopic (exact) mass is 175 g/mol. The van der Waals surface area contributed by atoms with Crippen molar-refractivity contribution >= 4 is 11.5 Å². The van der Waals surface area contributed by atoms with Crippen molar-refractivity contribution in [3.8, 4) is 0 Å². The minimum absolute atomic E-state index is 0.00412. The lowest BCUT2D eigenvalue weighted by atomic mass is 10.0. The Morgan fingerprint density at radius 1 is 1.62 bits per heavy atom. The summed E-state index contributed by atoms with van der Waals surface area (Å²) in [6, 6.07) is 5.69. The number of nitrogens with two attached hydrogens (primary N) is 1. The van der Waals surface area contributed by atoms with Crippen LogP contribution in [0.5, 0.6) is 0 Å². The number of rotatable bonds is 3. The van der Waals surface area contributed by atoms with Gasteiger partial charge >= 0.3 is 0 Å². The summed E-state index contributed by atoms with van der Waals surface area (Å²) in [5.74, 6) is -0.00412. The number of anilines is 1. The molecule has 0 amide bonds. The van der Waals surface area contributed by atoms with Crippen molar-refractivity contribution in [3.63, 3.8) is 0 Å². The molecule has 0 aliphatic carbocycles. The van der Waals surface area contributed by atoms with Crippen LogP contribution in [0.4, 0.5) is 5.69 Å². The molecule has 2 nitrogen and oxygen atoms in total. The fourth-order valence-corrected chi connectivity index (χ4v) is 1.14. The van der Waals surface area contributed by atoms with E-state index in [2.05, 4.69) is 6.58 Å². The van der Waals surface area contributed by atoms with Crippen LogP contribution in [-0.4, -0.2) is 5.78 Å². The van der Waals surface area contributed by atoms with Gasteiger partial charge < -0.3 is 5.73 Å². The highest BCUT2D eigenvalue weighted by molar-refractivity contribution is 5.91. The second-order valence-corrected chi connectivity index (χ2v) is 3.05. The summed E-state index contributed by atoms with van der Waals surface area (Å²) in [6.07, 6.45) is 1.66. The quantitative estimate of drug-likeness (QED) is 0.563. The molecule has 0 aliphatic heterocycles. The van der Waals surface area contributed by atoms with E-state index in [0.29, 0.717) is 12.1 Å². The van der Waals surface area contributed by atoms with Gasteiger partial charge in [-0.1, -0.05) is 18.7 Å². The van der Waals surface area contributed by atoms with Crippen LogP contribution in [0.15, 0.2) is 30.9 Å². The summed E-state index contributed by atoms with van der Waals surface area (Å²) in [5, 5.41) is 0. The Hall–Kier alpha value is -1.57. The number of benzene rings is 1. The molecule has 1 aromatic rings. The molecule has 68 valence electrons. The summed E-state index contributed by atoms with van der Waals surface area (Å²) < 4.78 is 0.